The number of rotatable bonds is 3. The highest BCUT2D eigenvalue weighted by atomic mass is 19.4. The molecule has 0 aromatic rings. The Labute approximate surface area is 93.3 Å². The third-order valence-electron chi connectivity index (χ3n) is 3.05. The van der Waals surface area contributed by atoms with E-state index in [1.807, 2.05) is 6.92 Å². The minimum Gasteiger partial charge on any atom is -0.388 e. The third-order valence-corrected chi connectivity index (χ3v) is 3.05. The maximum Gasteiger partial charge on any atom is 0.393 e. The molecular formula is C10H18F3N3. The largest absolute Gasteiger partial charge is 0.393 e. The Kier molecular flexibility index (Phi) is 4.18. The van der Waals surface area contributed by atoms with Gasteiger partial charge in [-0.2, -0.15) is 13.2 Å². The van der Waals surface area contributed by atoms with Crippen LogP contribution in [0, 0.1) is 11.3 Å². The molecule has 1 aliphatic heterocycles. The molecule has 0 amide bonds. The molecule has 0 aliphatic carbocycles. The van der Waals surface area contributed by atoms with E-state index in [1.54, 1.807) is 4.90 Å². The normalized spacial score (nSPS) is 25.4. The average Bonchev–Trinajstić information content (AvgIpc) is 2.15. The number of nitrogens with two attached hydrogens (primary N) is 1. The number of piperidine rings is 1. The highest BCUT2D eigenvalue weighted by Gasteiger charge is 2.42. The summed E-state index contributed by atoms with van der Waals surface area (Å²) in [7, 11) is 0. The van der Waals surface area contributed by atoms with E-state index in [1.165, 1.54) is 0 Å². The van der Waals surface area contributed by atoms with Gasteiger partial charge in [-0.15, -0.1) is 0 Å². The monoisotopic (exact) mass is 237 g/mol. The van der Waals surface area contributed by atoms with Crippen LogP contribution in [0.4, 0.5) is 13.2 Å². The van der Waals surface area contributed by atoms with Crippen molar-refractivity contribution in [3.05, 3.63) is 0 Å². The van der Waals surface area contributed by atoms with Crippen molar-refractivity contribution in [3.8, 4) is 0 Å². The van der Waals surface area contributed by atoms with Crippen LogP contribution in [0.3, 0.4) is 0 Å². The number of hydrogen-bond acceptors (Lipinski definition) is 2. The van der Waals surface area contributed by atoms with E-state index < -0.39 is 12.1 Å². The van der Waals surface area contributed by atoms with Crippen LogP contribution in [-0.4, -0.2) is 36.0 Å². The van der Waals surface area contributed by atoms with Crippen molar-refractivity contribution in [2.75, 3.05) is 13.1 Å². The first-order valence-corrected chi connectivity index (χ1v) is 5.44. The summed E-state index contributed by atoms with van der Waals surface area (Å²) in [4.78, 5) is 1.78. The summed E-state index contributed by atoms with van der Waals surface area (Å²) < 4.78 is 37.6. The number of nitrogens with zero attached hydrogens (tertiary/aromatic N) is 1. The summed E-state index contributed by atoms with van der Waals surface area (Å²) >= 11 is 0. The van der Waals surface area contributed by atoms with Gasteiger partial charge in [0.25, 0.3) is 0 Å². The second kappa shape index (κ2) is 5.03. The fraction of sp³-hybridized carbons (Fsp3) is 0.900. The summed E-state index contributed by atoms with van der Waals surface area (Å²) in [5, 5.41) is 7.15. The van der Waals surface area contributed by atoms with Gasteiger partial charge in [0.1, 0.15) is 0 Å². The molecule has 3 nitrogen and oxygen atoms in total. The first-order valence-electron chi connectivity index (χ1n) is 5.44. The molecule has 1 aliphatic rings. The van der Waals surface area contributed by atoms with E-state index >= 15 is 0 Å². The lowest BCUT2D eigenvalue weighted by atomic mass is 9.96. The second-order valence-electron chi connectivity index (χ2n) is 4.45. The summed E-state index contributed by atoms with van der Waals surface area (Å²) in [6.07, 6.45) is -2.99. The lowest BCUT2D eigenvalue weighted by Crippen LogP contribution is -2.46. The van der Waals surface area contributed by atoms with Gasteiger partial charge in [-0.05, 0) is 26.3 Å². The molecule has 2 atom stereocenters. The first-order chi connectivity index (χ1) is 7.30. The number of halogens is 3. The molecule has 0 spiro atoms. The Bertz CT molecular complexity index is 252. The Hall–Kier alpha value is -0.780. The molecule has 16 heavy (non-hydrogen) atoms. The predicted octanol–water partition coefficient (Wildman–Crippen LogP) is 1.98. The number of likely N-dealkylation sites (tertiary alicyclic amines) is 1. The van der Waals surface area contributed by atoms with Crippen molar-refractivity contribution in [2.24, 2.45) is 11.7 Å². The molecule has 0 bridgehead atoms. The highest BCUT2D eigenvalue weighted by molar-refractivity contribution is 5.77. The van der Waals surface area contributed by atoms with Gasteiger partial charge in [0.05, 0.1) is 11.8 Å². The van der Waals surface area contributed by atoms with E-state index in [4.69, 9.17) is 11.1 Å². The molecule has 6 heteroatoms. The predicted molar refractivity (Wildman–Crippen MR) is 56.3 cm³/mol. The quantitative estimate of drug-likeness (QED) is 0.582. The standard InChI is InChI=1S/C10H18F3N3/c1-7(5-9(14)15)16-4-2-3-8(6-16)10(11,12)13/h7-8H,2-6H2,1H3,(H3,14,15). The first kappa shape index (κ1) is 13.3. The van der Waals surface area contributed by atoms with Gasteiger partial charge in [-0.3, -0.25) is 10.3 Å². The molecule has 94 valence electrons. The van der Waals surface area contributed by atoms with Crippen LogP contribution >= 0.6 is 0 Å². The molecule has 0 aromatic heterocycles. The minimum absolute atomic E-state index is 0.0293. The van der Waals surface area contributed by atoms with Crippen molar-refractivity contribution < 1.29 is 13.2 Å². The van der Waals surface area contributed by atoms with Crippen molar-refractivity contribution in [2.45, 2.75) is 38.4 Å². The Morgan fingerprint density at radius 2 is 2.19 bits per heavy atom. The number of nitrogens with one attached hydrogen (secondary N) is 1. The van der Waals surface area contributed by atoms with E-state index in [2.05, 4.69) is 0 Å². The van der Waals surface area contributed by atoms with Crippen molar-refractivity contribution in [1.29, 1.82) is 5.41 Å². The van der Waals surface area contributed by atoms with Crippen LogP contribution < -0.4 is 5.73 Å². The Morgan fingerprint density at radius 3 is 2.69 bits per heavy atom. The van der Waals surface area contributed by atoms with Gasteiger partial charge < -0.3 is 5.73 Å². The summed E-state index contributed by atoms with van der Waals surface area (Å²) in [5.74, 6) is -1.20. The lowest BCUT2D eigenvalue weighted by molar-refractivity contribution is -0.188. The zero-order valence-corrected chi connectivity index (χ0v) is 9.35. The van der Waals surface area contributed by atoms with Crippen LogP contribution in [-0.2, 0) is 0 Å². The molecule has 2 unspecified atom stereocenters. The summed E-state index contributed by atoms with van der Waals surface area (Å²) in [6.45, 7) is 2.53. The van der Waals surface area contributed by atoms with Crippen molar-refractivity contribution in [3.63, 3.8) is 0 Å². The van der Waals surface area contributed by atoms with Crippen LogP contribution in [0.25, 0.3) is 0 Å². The maximum absolute atomic E-state index is 12.5. The van der Waals surface area contributed by atoms with Gasteiger partial charge in [-0.1, -0.05) is 0 Å². The smallest absolute Gasteiger partial charge is 0.388 e. The Balaban J connectivity index is 2.53. The van der Waals surface area contributed by atoms with Gasteiger partial charge >= 0.3 is 6.18 Å². The third kappa shape index (κ3) is 3.66. The molecular weight excluding hydrogens is 219 g/mol. The lowest BCUT2D eigenvalue weighted by Gasteiger charge is -2.37. The topological polar surface area (TPSA) is 53.1 Å². The SMILES string of the molecule is CC(CC(=N)N)N1CCCC(C(F)(F)F)C1. The molecule has 0 radical (unpaired) electrons. The number of hydrogen-bond donors (Lipinski definition) is 2. The fourth-order valence-corrected chi connectivity index (χ4v) is 2.12. The highest BCUT2D eigenvalue weighted by Crippen LogP contribution is 2.33. The van der Waals surface area contributed by atoms with Crippen molar-refractivity contribution >= 4 is 5.84 Å². The van der Waals surface area contributed by atoms with Gasteiger partial charge in [-0.25, -0.2) is 0 Å². The maximum atomic E-state index is 12.5. The summed E-state index contributed by atoms with van der Waals surface area (Å²) in [6, 6.07) is -0.0809. The Morgan fingerprint density at radius 1 is 1.56 bits per heavy atom. The van der Waals surface area contributed by atoms with Gasteiger partial charge in [0, 0.05) is 19.0 Å². The van der Waals surface area contributed by atoms with Crippen molar-refractivity contribution in [1.82, 2.24) is 4.90 Å². The molecule has 0 aromatic carbocycles. The van der Waals surface area contributed by atoms with E-state index in [0.29, 0.717) is 19.4 Å². The summed E-state index contributed by atoms with van der Waals surface area (Å²) in [5.41, 5.74) is 5.25. The minimum atomic E-state index is -4.10. The number of alkyl halides is 3. The molecule has 1 saturated heterocycles. The molecule has 3 N–H and O–H groups in total. The zero-order chi connectivity index (χ0) is 12.3. The van der Waals surface area contributed by atoms with E-state index in [9.17, 15) is 13.2 Å². The number of amidine groups is 1. The fourth-order valence-electron chi connectivity index (χ4n) is 2.12. The molecule has 0 saturated carbocycles. The van der Waals surface area contributed by atoms with Crippen LogP contribution in [0.5, 0.6) is 0 Å². The van der Waals surface area contributed by atoms with Gasteiger partial charge in [0.15, 0.2) is 0 Å². The second-order valence-corrected chi connectivity index (χ2v) is 4.45. The zero-order valence-electron chi connectivity index (χ0n) is 9.35. The van der Waals surface area contributed by atoms with Crippen LogP contribution in [0.2, 0.25) is 0 Å². The molecule has 1 rings (SSSR count). The van der Waals surface area contributed by atoms with Crippen LogP contribution in [0.15, 0.2) is 0 Å². The molecule has 1 heterocycles. The van der Waals surface area contributed by atoms with Gasteiger partial charge in [0.2, 0.25) is 0 Å². The van der Waals surface area contributed by atoms with E-state index in [0.717, 1.165) is 0 Å². The van der Waals surface area contributed by atoms with E-state index in [-0.39, 0.29) is 24.8 Å². The van der Waals surface area contributed by atoms with Crippen LogP contribution in [0.1, 0.15) is 26.2 Å². The molecule has 1 fully saturated rings. The average molecular weight is 237 g/mol.